The van der Waals surface area contributed by atoms with E-state index in [0.717, 1.165) is 15.6 Å². The van der Waals surface area contributed by atoms with E-state index in [4.69, 9.17) is 18.9 Å². The maximum absolute atomic E-state index is 5.79. The molecule has 0 aliphatic heterocycles. The number of methoxy groups -OCH3 is 3. The summed E-state index contributed by atoms with van der Waals surface area (Å²) in [5.74, 6) is 2.72. The first-order chi connectivity index (χ1) is 13.0. The molecule has 146 valence electrons. The summed E-state index contributed by atoms with van der Waals surface area (Å²) >= 11 is 3.53. The first kappa shape index (κ1) is 20.9. The Kier molecular flexibility index (Phi) is 7.79. The van der Waals surface area contributed by atoms with Crippen molar-refractivity contribution in [3.8, 4) is 23.0 Å². The number of hydrogen-bond acceptors (Lipinski definition) is 6. The van der Waals surface area contributed by atoms with Crippen LogP contribution in [-0.2, 0) is 6.54 Å². The highest BCUT2D eigenvalue weighted by Crippen LogP contribution is 2.37. The van der Waals surface area contributed by atoms with Crippen molar-refractivity contribution in [2.24, 2.45) is 5.10 Å². The van der Waals surface area contributed by atoms with Crippen LogP contribution in [0, 0.1) is 0 Å². The van der Waals surface area contributed by atoms with Gasteiger partial charge < -0.3 is 24.4 Å². The molecular formula is C20H25BrN2O4. The summed E-state index contributed by atoms with van der Waals surface area (Å²) in [7, 11) is 4.85. The second-order valence-electron chi connectivity index (χ2n) is 5.98. The van der Waals surface area contributed by atoms with Gasteiger partial charge in [0.2, 0.25) is 0 Å². The zero-order valence-electron chi connectivity index (χ0n) is 16.2. The fraction of sp³-hybridized carbons (Fsp3) is 0.350. The number of rotatable bonds is 9. The lowest BCUT2D eigenvalue weighted by Gasteiger charge is -2.15. The molecule has 2 rings (SSSR count). The first-order valence-electron chi connectivity index (χ1n) is 8.49. The van der Waals surface area contributed by atoms with Crippen LogP contribution in [0.3, 0.4) is 0 Å². The third-order valence-corrected chi connectivity index (χ3v) is 4.23. The van der Waals surface area contributed by atoms with Gasteiger partial charge in [-0.25, -0.2) is 0 Å². The fourth-order valence-corrected chi connectivity index (χ4v) is 2.97. The molecule has 0 bridgehead atoms. The lowest BCUT2D eigenvalue weighted by Crippen LogP contribution is -2.08. The number of benzene rings is 2. The van der Waals surface area contributed by atoms with Gasteiger partial charge in [-0.2, -0.15) is 5.10 Å². The molecule has 0 heterocycles. The molecule has 1 N–H and O–H groups in total. The summed E-state index contributed by atoms with van der Waals surface area (Å²) in [6.45, 7) is 4.50. The number of nitrogens with one attached hydrogen (secondary N) is 1. The zero-order chi connectivity index (χ0) is 19.8. The summed E-state index contributed by atoms with van der Waals surface area (Å²) in [6, 6.07) is 9.56. The van der Waals surface area contributed by atoms with E-state index < -0.39 is 0 Å². The average Bonchev–Trinajstić information content (AvgIpc) is 2.66. The van der Waals surface area contributed by atoms with Crippen LogP contribution in [0.5, 0.6) is 23.0 Å². The van der Waals surface area contributed by atoms with E-state index in [1.54, 1.807) is 27.5 Å². The summed E-state index contributed by atoms with van der Waals surface area (Å²) in [5.41, 5.74) is 4.94. The van der Waals surface area contributed by atoms with E-state index >= 15 is 0 Å². The third-order valence-electron chi connectivity index (χ3n) is 3.64. The zero-order valence-corrected chi connectivity index (χ0v) is 17.8. The van der Waals surface area contributed by atoms with Gasteiger partial charge in [0, 0.05) is 0 Å². The largest absolute Gasteiger partial charge is 0.493 e. The molecule has 0 saturated carbocycles. The number of hydrogen-bond donors (Lipinski definition) is 1. The summed E-state index contributed by atoms with van der Waals surface area (Å²) in [4.78, 5) is 0. The standard InChI is InChI=1S/C20H25BrN2O4/c1-13(2)27-20-16(21)8-15(10-19(20)26-5)12-23-22-11-14-6-7-17(24-3)18(9-14)25-4/h6-10,12-13,22H,11H2,1-5H3/b23-12-. The van der Waals surface area contributed by atoms with Gasteiger partial charge in [-0.15, -0.1) is 0 Å². The van der Waals surface area contributed by atoms with Gasteiger partial charge in [0.25, 0.3) is 0 Å². The smallest absolute Gasteiger partial charge is 0.175 e. The van der Waals surface area contributed by atoms with Crippen molar-refractivity contribution in [3.05, 3.63) is 45.9 Å². The Bertz CT molecular complexity index is 794. The van der Waals surface area contributed by atoms with Crippen LogP contribution in [0.25, 0.3) is 0 Å². The van der Waals surface area contributed by atoms with Gasteiger partial charge in [-0.1, -0.05) is 6.07 Å². The SMILES string of the molecule is COc1ccc(CN/N=C\c2cc(Br)c(OC(C)C)c(OC)c2)cc1OC. The van der Waals surface area contributed by atoms with Gasteiger partial charge in [-0.05, 0) is 65.2 Å². The predicted octanol–water partition coefficient (Wildman–Crippen LogP) is 4.39. The van der Waals surface area contributed by atoms with Crippen LogP contribution in [0.4, 0.5) is 0 Å². The van der Waals surface area contributed by atoms with Crippen LogP contribution >= 0.6 is 15.9 Å². The second-order valence-corrected chi connectivity index (χ2v) is 6.84. The molecule has 0 fully saturated rings. The van der Waals surface area contributed by atoms with Gasteiger partial charge in [0.15, 0.2) is 23.0 Å². The van der Waals surface area contributed by atoms with Crippen LogP contribution in [0.1, 0.15) is 25.0 Å². The van der Waals surface area contributed by atoms with Gasteiger partial charge >= 0.3 is 0 Å². The molecule has 0 aliphatic carbocycles. The van der Waals surface area contributed by atoms with Crippen molar-refractivity contribution in [1.82, 2.24) is 5.43 Å². The molecular weight excluding hydrogens is 412 g/mol. The van der Waals surface area contributed by atoms with E-state index in [0.29, 0.717) is 29.5 Å². The summed E-state index contributed by atoms with van der Waals surface area (Å²) < 4.78 is 22.6. The highest BCUT2D eigenvalue weighted by molar-refractivity contribution is 9.10. The van der Waals surface area contributed by atoms with Crippen LogP contribution in [0.15, 0.2) is 39.9 Å². The molecule has 0 atom stereocenters. The van der Waals surface area contributed by atoms with E-state index in [-0.39, 0.29) is 6.10 Å². The Hall–Kier alpha value is -2.41. The molecule has 2 aromatic carbocycles. The highest BCUT2D eigenvalue weighted by Gasteiger charge is 2.12. The molecule has 0 saturated heterocycles. The van der Waals surface area contributed by atoms with Crippen LogP contribution in [-0.4, -0.2) is 33.6 Å². The van der Waals surface area contributed by atoms with Gasteiger partial charge in [-0.3, -0.25) is 0 Å². The number of ether oxygens (including phenoxy) is 4. The molecule has 0 radical (unpaired) electrons. The van der Waals surface area contributed by atoms with Crippen LogP contribution < -0.4 is 24.4 Å². The molecule has 7 heteroatoms. The van der Waals surface area contributed by atoms with E-state index in [1.807, 2.05) is 44.2 Å². The van der Waals surface area contributed by atoms with Crippen molar-refractivity contribution in [1.29, 1.82) is 0 Å². The minimum absolute atomic E-state index is 0.0536. The second kappa shape index (κ2) is 10.1. The molecule has 0 aromatic heterocycles. The normalized spacial score (nSPS) is 10.9. The molecule has 0 amide bonds. The van der Waals surface area contributed by atoms with Crippen molar-refractivity contribution in [2.45, 2.75) is 26.5 Å². The average molecular weight is 437 g/mol. The van der Waals surface area contributed by atoms with E-state index in [1.165, 1.54) is 0 Å². The minimum atomic E-state index is 0.0536. The number of halogens is 1. The van der Waals surface area contributed by atoms with Crippen molar-refractivity contribution >= 4 is 22.1 Å². The van der Waals surface area contributed by atoms with Crippen LogP contribution in [0.2, 0.25) is 0 Å². The van der Waals surface area contributed by atoms with Gasteiger partial charge in [0.1, 0.15) is 0 Å². The Labute approximate surface area is 168 Å². The number of nitrogens with zero attached hydrogens (tertiary/aromatic N) is 1. The van der Waals surface area contributed by atoms with Crippen molar-refractivity contribution in [3.63, 3.8) is 0 Å². The van der Waals surface area contributed by atoms with Crippen molar-refractivity contribution in [2.75, 3.05) is 21.3 Å². The first-order valence-corrected chi connectivity index (χ1v) is 9.28. The Morgan fingerprint density at radius 3 is 2.33 bits per heavy atom. The molecule has 27 heavy (non-hydrogen) atoms. The summed E-state index contributed by atoms with van der Waals surface area (Å²) in [5, 5.41) is 4.28. The lowest BCUT2D eigenvalue weighted by molar-refractivity contribution is 0.228. The fourth-order valence-electron chi connectivity index (χ4n) is 2.41. The lowest BCUT2D eigenvalue weighted by atomic mass is 10.2. The Morgan fingerprint density at radius 1 is 1.00 bits per heavy atom. The highest BCUT2D eigenvalue weighted by atomic mass is 79.9. The van der Waals surface area contributed by atoms with Gasteiger partial charge in [0.05, 0.1) is 44.7 Å². The predicted molar refractivity (Wildman–Crippen MR) is 110 cm³/mol. The molecule has 0 spiro atoms. The molecule has 0 aliphatic rings. The van der Waals surface area contributed by atoms with E-state index in [2.05, 4.69) is 26.5 Å². The monoisotopic (exact) mass is 436 g/mol. The quantitative estimate of drug-likeness (QED) is 0.466. The molecule has 6 nitrogen and oxygen atoms in total. The Morgan fingerprint density at radius 2 is 1.70 bits per heavy atom. The minimum Gasteiger partial charge on any atom is -0.493 e. The Balaban J connectivity index is 2.05. The molecule has 0 unspecified atom stereocenters. The maximum atomic E-state index is 5.79. The van der Waals surface area contributed by atoms with E-state index in [9.17, 15) is 0 Å². The topological polar surface area (TPSA) is 61.3 Å². The number of hydrazone groups is 1. The van der Waals surface area contributed by atoms with Crippen molar-refractivity contribution < 1.29 is 18.9 Å². The maximum Gasteiger partial charge on any atom is 0.175 e. The molecule has 2 aromatic rings. The third kappa shape index (κ3) is 5.79. The summed E-state index contributed by atoms with van der Waals surface area (Å²) in [6.07, 6.45) is 1.78.